The molecule has 0 aliphatic carbocycles. The van der Waals surface area contributed by atoms with Crippen molar-refractivity contribution in [3.63, 3.8) is 0 Å². The molecule has 0 aliphatic heterocycles. The van der Waals surface area contributed by atoms with E-state index < -0.39 is 5.82 Å². The SMILES string of the molecule is CCN(C(=O)CSc1nnc(-c2cccc(F)c2)n1N)c1ccc(F)cc1. The Hall–Kier alpha value is -2.94. The monoisotopic (exact) mass is 389 g/mol. The third-order valence-electron chi connectivity index (χ3n) is 3.83. The lowest BCUT2D eigenvalue weighted by atomic mass is 10.2. The van der Waals surface area contributed by atoms with Crippen LogP contribution in [0.4, 0.5) is 14.5 Å². The molecule has 2 aromatic carbocycles. The molecule has 0 bridgehead atoms. The zero-order valence-electron chi connectivity index (χ0n) is 14.5. The second kappa shape index (κ2) is 8.17. The number of carbonyl (C=O) groups is 1. The fraction of sp³-hybridized carbons (Fsp3) is 0.167. The fourth-order valence-corrected chi connectivity index (χ4v) is 3.26. The number of hydrogen-bond donors (Lipinski definition) is 1. The van der Waals surface area contributed by atoms with Crippen molar-refractivity contribution in [3.8, 4) is 11.4 Å². The predicted molar refractivity (Wildman–Crippen MR) is 101 cm³/mol. The summed E-state index contributed by atoms with van der Waals surface area (Å²) in [7, 11) is 0. The summed E-state index contributed by atoms with van der Waals surface area (Å²) in [6, 6.07) is 11.6. The molecule has 0 spiro atoms. The highest BCUT2D eigenvalue weighted by atomic mass is 32.2. The van der Waals surface area contributed by atoms with E-state index in [2.05, 4.69) is 10.2 Å². The van der Waals surface area contributed by atoms with E-state index in [9.17, 15) is 13.6 Å². The molecule has 6 nitrogen and oxygen atoms in total. The zero-order valence-corrected chi connectivity index (χ0v) is 15.3. The molecule has 1 heterocycles. The molecule has 0 radical (unpaired) electrons. The van der Waals surface area contributed by atoms with Crippen molar-refractivity contribution in [2.24, 2.45) is 0 Å². The van der Waals surface area contributed by atoms with E-state index >= 15 is 0 Å². The molecule has 1 amide bonds. The van der Waals surface area contributed by atoms with Gasteiger partial charge in [0.2, 0.25) is 11.1 Å². The summed E-state index contributed by atoms with van der Waals surface area (Å²) in [5.41, 5.74) is 1.10. The molecular weight excluding hydrogens is 372 g/mol. The van der Waals surface area contributed by atoms with Crippen LogP contribution < -0.4 is 10.7 Å². The minimum absolute atomic E-state index is 0.0731. The molecule has 140 valence electrons. The van der Waals surface area contributed by atoms with Crippen LogP contribution in [0.25, 0.3) is 11.4 Å². The van der Waals surface area contributed by atoms with E-state index in [-0.39, 0.29) is 17.5 Å². The topological polar surface area (TPSA) is 77.0 Å². The Bertz CT molecular complexity index is 945. The number of nitrogen functional groups attached to an aromatic ring is 1. The van der Waals surface area contributed by atoms with Crippen LogP contribution in [-0.4, -0.2) is 33.1 Å². The lowest BCUT2D eigenvalue weighted by Gasteiger charge is -2.20. The Labute approximate surface area is 159 Å². The van der Waals surface area contributed by atoms with Gasteiger partial charge in [0.05, 0.1) is 5.75 Å². The first-order valence-electron chi connectivity index (χ1n) is 8.14. The fourth-order valence-electron chi connectivity index (χ4n) is 2.53. The second-order valence-corrected chi connectivity index (χ2v) is 6.53. The van der Waals surface area contributed by atoms with Gasteiger partial charge in [0.1, 0.15) is 11.6 Å². The molecule has 0 saturated heterocycles. The van der Waals surface area contributed by atoms with Gasteiger partial charge in [-0.15, -0.1) is 10.2 Å². The maximum atomic E-state index is 13.4. The number of aromatic nitrogens is 3. The van der Waals surface area contributed by atoms with Crippen LogP contribution in [0.15, 0.2) is 53.7 Å². The van der Waals surface area contributed by atoms with Crippen LogP contribution in [0, 0.1) is 11.6 Å². The average molecular weight is 389 g/mol. The Morgan fingerprint density at radius 2 is 1.89 bits per heavy atom. The molecule has 0 aliphatic rings. The Morgan fingerprint density at radius 3 is 2.56 bits per heavy atom. The summed E-state index contributed by atoms with van der Waals surface area (Å²) in [6.07, 6.45) is 0. The van der Waals surface area contributed by atoms with Crippen molar-refractivity contribution >= 4 is 23.4 Å². The molecule has 1 aromatic heterocycles. The van der Waals surface area contributed by atoms with Gasteiger partial charge in [-0.3, -0.25) is 4.79 Å². The summed E-state index contributed by atoms with van der Waals surface area (Å²) in [6.45, 7) is 2.27. The lowest BCUT2D eigenvalue weighted by Crippen LogP contribution is -2.32. The van der Waals surface area contributed by atoms with E-state index in [0.717, 1.165) is 11.8 Å². The van der Waals surface area contributed by atoms with Gasteiger partial charge >= 0.3 is 0 Å². The zero-order chi connectivity index (χ0) is 19.4. The molecular formula is C18H17F2N5OS. The number of hydrogen-bond acceptors (Lipinski definition) is 5. The smallest absolute Gasteiger partial charge is 0.237 e. The Kier molecular flexibility index (Phi) is 5.70. The normalized spacial score (nSPS) is 10.8. The molecule has 27 heavy (non-hydrogen) atoms. The quantitative estimate of drug-likeness (QED) is 0.518. The van der Waals surface area contributed by atoms with Gasteiger partial charge in [0.15, 0.2) is 5.82 Å². The summed E-state index contributed by atoms with van der Waals surface area (Å²) >= 11 is 1.12. The van der Waals surface area contributed by atoms with E-state index in [1.807, 2.05) is 6.92 Å². The van der Waals surface area contributed by atoms with Crippen LogP contribution in [0.1, 0.15) is 6.92 Å². The second-order valence-electron chi connectivity index (χ2n) is 5.59. The van der Waals surface area contributed by atoms with Gasteiger partial charge in [-0.1, -0.05) is 23.9 Å². The van der Waals surface area contributed by atoms with Crippen molar-refractivity contribution < 1.29 is 13.6 Å². The van der Waals surface area contributed by atoms with Gasteiger partial charge in [-0.05, 0) is 43.3 Å². The minimum Gasteiger partial charge on any atom is -0.335 e. The number of thioether (sulfide) groups is 1. The first-order valence-corrected chi connectivity index (χ1v) is 9.13. The van der Waals surface area contributed by atoms with Crippen molar-refractivity contribution in [1.29, 1.82) is 0 Å². The molecule has 0 saturated carbocycles. The first kappa shape index (κ1) is 18.8. The number of halogens is 2. The summed E-state index contributed by atoms with van der Waals surface area (Å²) in [5, 5.41) is 8.27. The number of amides is 1. The van der Waals surface area contributed by atoms with Gasteiger partial charge < -0.3 is 10.7 Å². The molecule has 3 rings (SSSR count). The third-order valence-corrected chi connectivity index (χ3v) is 4.76. The average Bonchev–Trinajstić information content (AvgIpc) is 3.03. The van der Waals surface area contributed by atoms with Crippen LogP contribution in [0.3, 0.4) is 0 Å². The van der Waals surface area contributed by atoms with Crippen molar-refractivity contribution in [2.45, 2.75) is 12.1 Å². The Morgan fingerprint density at radius 1 is 1.15 bits per heavy atom. The third kappa shape index (κ3) is 4.25. The van der Waals surface area contributed by atoms with Crippen molar-refractivity contribution in [3.05, 3.63) is 60.2 Å². The minimum atomic E-state index is -0.405. The van der Waals surface area contributed by atoms with Gasteiger partial charge in [-0.25, -0.2) is 13.5 Å². The number of carbonyl (C=O) groups excluding carboxylic acids is 1. The van der Waals surface area contributed by atoms with Crippen LogP contribution in [0.5, 0.6) is 0 Å². The molecule has 0 unspecified atom stereocenters. The molecule has 0 atom stereocenters. The molecule has 0 fully saturated rings. The van der Waals surface area contributed by atoms with Gasteiger partial charge in [0, 0.05) is 17.8 Å². The summed E-state index contributed by atoms with van der Waals surface area (Å²) < 4.78 is 27.7. The van der Waals surface area contributed by atoms with Crippen LogP contribution in [-0.2, 0) is 4.79 Å². The van der Waals surface area contributed by atoms with Gasteiger partial charge in [0.25, 0.3) is 0 Å². The number of rotatable bonds is 6. The largest absolute Gasteiger partial charge is 0.335 e. The van der Waals surface area contributed by atoms with Crippen LogP contribution in [0.2, 0.25) is 0 Å². The summed E-state index contributed by atoms with van der Waals surface area (Å²) in [4.78, 5) is 14.1. The molecule has 9 heteroatoms. The highest BCUT2D eigenvalue weighted by Crippen LogP contribution is 2.23. The number of benzene rings is 2. The lowest BCUT2D eigenvalue weighted by molar-refractivity contribution is -0.116. The number of nitrogens with zero attached hydrogens (tertiary/aromatic N) is 4. The van der Waals surface area contributed by atoms with Crippen molar-refractivity contribution in [2.75, 3.05) is 23.0 Å². The van der Waals surface area contributed by atoms with Crippen molar-refractivity contribution in [1.82, 2.24) is 14.9 Å². The number of anilines is 1. The highest BCUT2D eigenvalue weighted by Gasteiger charge is 2.18. The molecule has 3 aromatic rings. The van der Waals surface area contributed by atoms with E-state index in [4.69, 9.17) is 5.84 Å². The van der Waals surface area contributed by atoms with E-state index in [0.29, 0.717) is 28.8 Å². The van der Waals surface area contributed by atoms with Gasteiger partial charge in [-0.2, -0.15) is 0 Å². The van der Waals surface area contributed by atoms with Crippen LogP contribution >= 0.6 is 11.8 Å². The summed E-state index contributed by atoms with van der Waals surface area (Å²) in [5.74, 6) is 5.42. The maximum Gasteiger partial charge on any atom is 0.237 e. The standard InChI is InChI=1S/C18H17F2N5OS/c1-2-24(15-8-6-13(19)7-9-15)16(26)11-27-18-23-22-17(25(18)21)12-4-3-5-14(20)10-12/h3-10H,2,11,21H2,1H3. The molecule has 2 N–H and O–H groups in total. The maximum absolute atomic E-state index is 13.4. The predicted octanol–water partition coefficient (Wildman–Crippen LogP) is 3.08. The highest BCUT2D eigenvalue weighted by molar-refractivity contribution is 7.99. The van der Waals surface area contributed by atoms with E-state index in [1.54, 1.807) is 24.3 Å². The van der Waals surface area contributed by atoms with E-state index in [1.165, 1.54) is 33.8 Å². The first-order chi connectivity index (χ1) is 13.0. The Balaban J connectivity index is 1.71. The number of nitrogens with two attached hydrogens (primary N) is 1.